The van der Waals surface area contributed by atoms with Gasteiger partial charge in [-0.15, -0.1) is 0 Å². The van der Waals surface area contributed by atoms with Gasteiger partial charge in [0.25, 0.3) is 5.91 Å². The zero-order valence-corrected chi connectivity index (χ0v) is 17.3. The Kier molecular flexibility index (Phi) is 9.77. The number of carboxylic acids is 1. The van der Waals surface area contributed by atoms with E-state index in [1.807, 2.05) is 6.92 Å². The molecule has 0 saturated heterocycles. The minimum absolute atomic E-state index is 0.00563. The molecule has 0 unspecified atom stereocenters. The van der Waals surface area contributed by atoms with Crippen LogP contribution in [0.2, 0.25) is 0 Å². The number of carbonyl (C=O) groups is 3. The molecule has 1 saturated carbocycles. The fourth-order valence-electron chi connectivity index (χ4n) is 3.63. The first-order valence-electron chi connectivity index (χ1n) is 10.3. The molecule has 1 rings (SSSR count). The van der Waals surface area contributed by atoms with Gasteiger partial charge in [-0.25, -0.2) is 0 Å². The van der Waals surface area contributed by atoms with Gasteiger partial charge in [-0.2, -0.15) is 0 Å². The third-order valence-corrected chi connectivity index (χ3v) is 5.67. The number of carbonyl (C=O) groups excluding carboxylic acids is 3. The Balaban J connectivity index is 2.39. The third kappa shape index (κ3) is 7.87. The molecule has 2 amide bonds. The Labute approximate surface area is 162 Å². The van der Waals surface area contributed by atoms with Gasteiger partial charge in [0, 0.05) is 18.9 Å². The monoisotopic (exact) mass is 383 g/mol. The maximum Gasteiger partial charge on any atom is 0.278 e. The number of hydrogen-bond acceptors (Lipinski definition) is 4. The molecule has 0 radical (unpaired) electrons. The maximum atomic E-state index is 12.4. The molecule has 7 nitrogen and oxygen atoms in total. The Morgan fingerprint density at radius 2 is 1.70 bits per heavy atom. The second kappa shape index (κ2) is 11.3. The van der Waals surface area contributed by atoms with Gasteiger partial charge in [0.15, 0.2) is 6.04 Å². The van der Waals surface area contributed by atoms with Crippen molar-refractivity contribution < 1.29 is 25.2 Å². The third-order valence-electron chi connectivity index (χ3n) is 5.67. The fraction of sp³-hybridized carbons (Fsp3) is 0.850. The van der Waals surface area contributed by atoms with Crippen LogP contribution in [0, 0.1) is 23.7 Å². The lowest BCUT2D eigenvalue weighted by Gasteiger charge is -2.31. The summed E-state index contributed by atoms with van der Waals surface area (Å²) in [6, 6.07) is -1.16. The lowest BCUT2D eigenvalue weighted by Crippen LogP contribution is -2.68. The summed E-state index contributed by atoms with van der Waals surface area (Å²) in [6.07, 6.45) is 4.57. The van der Waals surface area contributed by atoms with Gasteiger partial charge in [-0.05, 0) is 43.4 Å². The van der Waals surface area contributed by atoms with Gasteiger partial charge in [0.05, 0.1) is 12.0 Å². The Morgan fingerprint density at radius 3 is 2.19 bits per heavy atom. The van der Waals surface area contributed by atoms with Crippen molar-refractivity contribution in [2.24, 2.45) is 23.7 Å². The van der Waals surface area contributed by atoms with E-state index >= 15 is 0 Å². The van der Waals surface area contributed by atoms with E-state index < -0.39 is 12.0 Å². The van der Waals surface area contributed by atoms with Gasteiger partial charge < -0.3 is 26.3 Å². The molecule has 0 aliphatic heterocycles. The van der Waals surface area contributed by atoms with Crippen molar-refractivity contribution in [3.8, 4) is 0 Å². The van der Waals surface area contributed by atoms with E-state index in [-0.39, 0.29) is 29.7 Å². The van der Waals surface area contributed by atoms with Crippen LogP contribution in [-0.2, 0) is 14.4 Å². The topological polar surface area (TPSA) is 126 Å². The van der Waals surface area contributed by atoms with E-state index in [0.29, 0.717) is 37.6 Å². The first-order chi connectivity index (χ1) is 12.6. The van der Waals surface area contributed by atoms with Gasteiger partial charge in [0.1, 0.15) is 0 Å². The predicted molar refractivity (Wildman–Crippen MR) is 101 cm³/mol. The predicted octanol–water partition coefficient (Wildman–Crippen LogP) is -0.154. The molecule has 27 heavy (non-hydrogen) atoms. The molecule has 0 aromatic heterocycles. The minimum Gasteiger partial charge on any atom is -0.548 e. The van der Waals surface area contributed by atoms with Crippen molar-refractivity contribution in [1.29, 1.82) is 0 Å². The van der Waals surface area contributed by atoms with Crippen molar-refractivity contribution >= 4 is 17.8 Å². The standard InChI is InChI=1S/C20H37N3O4/c1-5-13(4)17(20(26)27)23-18(24)15-8-6-14(7-9-15)11-22-19(25)16(21)10-12(2)3/h12-17H,5-11,21H2,1-4H3,(H,22,25)(H,23,24)(H,26,27)/t13-,14?,15?,16+,17+/m1/s1. The lowest BCUT2D eigenvalue weighted by molar-refractivity contribution is -0.406. The molecule has 0 aromatic rings. The summed E-state index contributed by atoms with van der Waals surface area (Å²) < 4.78 is 0. The molecule has 7 heteroatoms. The molecule has 156 valence electrons. The van der Waals surface area contributed by atoms with E-state index in [0.717, 1.165) is 19.3 Å². The summed E-state index contributed by atoms with van der Waals surface area (Å²) in [6.45, 7) is 8.46. The van der Waals surface area contributed by atoms with E-state index in [1.54, 1.807) is 6.92 Å². The molecule has 0 aromatic carbocycles. The van der Waals surface area contributed by atoms with Crippen molar-refractivity contribution in [2.75, 3.05) is 6.54 Å². The molecule has 0 heterocycles. The fourth-order valence-corrected chi connectivity index (χ4v) is 3.63. The summed E-state index contributed by atoms with van der Waals surface area (Å²) in [5.74, 6) is -0.951. The molecule has 3 atom stereocenters. The number of carboxylic acid groups (broad SMARTS) is 1. The van der Waals surface area contributed by atoms with Crippen LogP contribution in [0.1, 0.15) is 66.2 Å². The van der Waals surface area contributed by atoms with E-state index in [9.17, 15) is 19.5 Å². The van der Waals surface area contributed by atoms with Crippen molar-refractivity contribution in [1.82, 2.24) is 10.6 Å². The number of amides is 2. The highest BCUT2D eigenvalue weighted by molar-refractivity contribution is 5.84. The Bertz CT molecular complexity index is 501. The summed E-state index contributed by atoms with van der Waals surface area (Å²) in [5, 5.41) is 16.9. The van der Waals surface area contributed by atoms with Crippen LogP contribution < -0.4 is 21.5 Å². The molecular weight excluding hydrogens is 346 g/mol. The minimum atomic E-state index is -1.22. The molecular formula is C20H37N3O4. The largest absolute Gasteiger partial charge is 0.548 e. The maximum absolute atomic E-state index is 12.4. The molecule has 5 N–H and O–H groups in total. The van der Waals surface area contributed by atoms with Crippen LogP contribution in [0.4, 0.5) is 0 Å². The SMILES string of the molecule is CC[C@@H](C)[C@H](NC(=O)C1CCC(CNC(=O)[C@@H]([NH3+])CC(C)C)CC1)C(=O)[O-]. The first kappa shape index (κ1) is 23.4. The van der Waals surface area contributed by atoms with Crippen LogP contribution in [-0.4, -0.2) is 36.4 Å². The number of quaternary nitrogens is 1. The molecule has 0 spiro atoms. The van der Waals surface area contributed by atoms with Crippen LogP contribution >= 0.6 is 0 Å². The van der Waals surface area contributed by atoms with Crippen LogP contribution in [0.25, 0.3) is 0 Å². The van der Waals surface area contributed by atoms with Gasteiger partial charge in [0.2, 0.25) is 5.91 Å². The van der Waals surface area contributed by atoms with Crippen LogP contribution in [0.3, 0.4) is 0 Å². The summed E-state index contributed by atoms with van der Waals surface area (Å²) in [7, 11) is 0. The van der Waals surface area contributed by atoms with Crippen molar-refractivity contribution in [3.63, 3.8) is 0 Å². The van der Waals surface area contributed by atoms with Crippen LogP contribution in [0.5, 0.6) is 0 Å². The quantitative estimate of drug-likeness (QED) is 0.485. The Hall–Kier alpha value is -1.63. The first-order valence-corrected chi connectivity index (χ1v) is 10.3. The highest BCUT2D eigenvalue weighted by Crippen LogP contribution is 2.29. The zero-order chi connectivity index (χ0) is 20.6. The number of aliphatic carboxylic acids is 1. The van der Waals surface area contributed by atoms with E-state index in [1.165, 1.54) is 0 Å². The molecule has 1 aliphatic rings. The summed E-state index contributed by atoms with van der Waals surface area (Å²) >= 11 is 0. The average Bonchev–Trinajstić information content (AvgIpc) is 2.62. The summed E-state index contributed by atoms with van der Waals surface area (Å²) in [4.78, 5) is 35.8. The van der Waals surface area contributed by atoms with Gasteiger partial charge >= 0.3 is 0 Å². The van der Waals surface area contributed by atoms with Crippen molar-refractivity contribution in [3.05, 3.63) is 0 Å². The lowest BCUT2D eigenvalue weighted by atomic mass is 9.81. The van der Waals surface area contributed by atoms with E-state index in [2.05, 4.69) is 30.2 Å². The van der Waals surface area contributed by atoms with Crippen LogP contribution in [0.15, 0.2) is 0 Å². The highest BCUT2D eigenvalue weighted by Gasteiger charge is 2.29. The van der Waals surface area contributed by atoms with E-state index in [4.69, 9.17) is 0 Å². The molecule has 0 bridgehead atoms. The zero-order valence-electron chi connectivity index (χ0n) is 17.3. The molecule has 1 fully saturated rings. The number of nitrogens with one attached hydrogen (secondary N) is 2. The second-order valence-electron chi connectivity index (χ2n) is 8.48. The Morgan fingerprint density at radius 1 is 1.11 bits per heavy atom. The van der Waals surface area contributed by atoms with Gasteiger partial charge in [-0.3, -0.25) is 9.59 Å². The summed E-state index contributed by atoms with van der Waals surface area (Å²) in [5.41, 5.74) is 3.92. The average molecular weight is 384 g/mol. The smallest absolute Gasteiger partial charge is 0.278 e. The number of hydrogen-bond donors (Lipinski definition) is 3. The normalized spacial score (nSPS) is 23.3. The van der Waals surface area contributed by atoms with Crippen molar-refractivity contribution in [2.45, 2.75) is 78.3 Å². The highest BCUT2D eigenvalue weighted by atomic mass is 16.4. The molecule has 1 aliphatic carbocycles. The second-order valence-corrected chi connectivity index (χ2v) is 8.48. The van der Waals surface area contributed by atoms with Gasteiger partial charge in [-0.1, -0.05) is 34.1 Å². The number of rotatable bonds is 10.